The highest BCUT2D eigenvalue weighted by Crippen LogP contribution is 2.37. The molecule has 0 radical (unpaired) electrons. The Bertz CT molecular complexity index is 787. The van der Waals surface area contributed by atoms with E-state index in [0.29, 0.717) is 17.8 Å². The third-order valence-corrected chi connectivity index (χ3v) is 5.90. The van der Waals surface area contributed by atoms with E-state index in [4.69, 9.17) is 21.1 Å². The first-order chi connectivity index (χ1) is 13.3. The van der Waals surface area contributed by atoms with Crippen molar-refractivity contribution in [3.63, 3.8) is 0 Å². The number of ether oxygens (including phenoxy) is 2. The van der Waals surface area contributed by atoms with Crippen molar-refractivity contribution >= 4 is 28.2 Å². The van der Waals surface area contributed by atoms with Gasteiger partial charge in [0, 0.05) is 43.7 Å². The molecule has 0 bridgehead atoms. The second-order valence-electron chi connectivity index (χ2n) is 7.43. The molecule has 1 aromatic carbocycles. The molecule has 0 amide bonds. The first kappa shape index (κ1) is 18.8. The molecule has 2 aliphatic rings. The molecule has 0 saturated carbocycles. The normalized spacial score (nSPS) is 20.4. The predicted molar refractivity (Wildman–Crippen MR) is 110 cm³/mol. The lowest BCUT2D eigenvalue weighted by Gasteiger charge is -2.32. The van der Waals surface area contributed by atoms with Crippen LogP contribution in [0.1, 0.15) is 37.7 Å². The van der Waals surface area contributed by atoms with Gasteiger partial charge in [-0.2, -0.15) is 0 Å². The van der Waals surface area contributed by atoms with Gasteiger partial charge in [-0.25, -0.2) is 4.98 Å². The lowest BCUT2D eigenvalue weighted by molar-refractivity contribution is 0.110. The maximum Gasteiger partial charge on any atom is 0.136 e. The summed E-state index contributed by atoms with van der Waals surface area (Å²) in [6.45, 7) is 4.55. The summed E-state index contributed by atoms with van der Waals surface area (Å²) in [5.41, 5.74) is 3.21. The number of halogens is 1. The topological polar surface area (TPSA) is 46.6 Å². The van der Waals surface area contributed by atoms with Crippen molar-refractivity contribution in [1.82, 2.24) is 10.3 Å². The Kier molecular flexibility index (Phi) is 6.01. The number of anilines is 1. The van der Waals surface area contributed by atoms with Crippen molar-refractivity contribution in [1.29, 1.82) is 0 Å². The molecule has 5 nitrogen and oxygen atoms in total. The van der Waals surface area contributed by atoms with Crippen molar-refractivity contribution in [2.24, 2.45) is 0 Å². The second-order valence-corrected chi connectivity index (χ2v) is 7.78. The van der Waals surface area contributed by atoms with Crippen LogP contribution in [0.2, 0.25) is 5.15 Å². The minimum Gasteiger partial charge on any atom is -0.497 e. The van der Waals surface area contributed by atoms with Crippen LogP contribution in [0.15, 0.2) is 18.2 Å². The Hall–Kier alpha value is -1.56. The summed E-state index contributed by atoms with van der Waals surface area (Å²) in [4.78, 5) is 7.14. The van der Waals surface area contributed by atoms with Gasteiger partial charge < -0.3 is 19.7 Å². The molecular weight excluding hydrogens is 362 g/mol. The first-order valence-corrected chi connectivity index (χ1v) is 10.4. The number of aromatic nitrogens is 1. The number of pyridine rings is 1. The molecule has 27 heavy (non-hydrogen) atoms. The molecule has 4 rings (SSSR count). The van der Waals surface area contributed by atoms with Crippen LogP contribution in [0.3, 0.4) is 0 Å². The Morgan fingerprint density at radius 3 is 2.85 bits per heavy atom. The molecule has 1 aromatic heterocycles. The van der Waals surface area contributed by atoms with Crippen LogP contribution >= 0.6 is 11.6 Å². The molecule has 6 heteroatoms. The Balaban J connectivity index is 1.69. The molecular formula is C21H28ClN3O2. The molecule has 0 spiro atoms. The van der Waals surface area contributed by atoms with E-state index in [-0.39, 0.29) is 0 Å². The van der Waals surface area contributed by atoms with E-state index in [1.165, 1.54) is 24.9 Å². The number of methoxy groups -OCH3 is 1. The fourth-order valence-corrected chi connectivity index (χ4v) is 4.41. The molecule has 2 fully saturated rings. The highest BCUT2D eigenvalue weighted by molar-refractivity contribution is 6.31. The summed E-state index contributed by atoms with van der Waals surface area (Å²) in [5.74, 6) is 0.850. The van der Waals surface area contributed by atoms with Gasteiger partial charge in [0.05, 0.1) is 24.4 Å². The second kappa shape index (κ2) is 8.63. The van der Waals surface area contributed by atoms with Crippen molar-refractivity contribution in [3.8, 4) is 5.75 Å². The molecule has 146 valence electrons. The number of hydrogen-bond acceptors (Lipinski definition) is 5. The largest absolute Gasteiger partial charge is 0.497 e. The van der Waals surface area contributed by atoms with E-state index < -0.39 is 0 Å². The number of fused-ring (bicyclic) bond motifs is 1. The summed E-state index contributed by atoms with van der Waals surface area (Å²) in [7, 11) is 1.70. The summed E-state index contributed by atoms with van der Waals surface area (Å²) < 4.78 is 11.2. The zero-order chi connectivity index (χ0) is 18.6. The fraction of sp³-hybridized carbons (Fsp3) is 0.571. The zero-order valence-corrected chi connectivity index (χ0v) is 16.7. The maximum absolute atomic E-state index is 6.66. The molecule has 3 heterocycles. The summed E-state index contributed by atoms with van der Waals surface area (Å²) in [5, 5.41) is 5.26. The lowest BCUT2D eigenvalue weighted by Crippen LogP contribution is -2.32. The standard InChI is InChI=1S/C21H28ClN3O2/c1-26-15-7-8-19-17(12-15)20(25-9-3-2-4-10-25)18(21(22)24-19)14-23-13-16-6-5-11-27-16/h7-8,12,16,23H,2-6,9-11,13-14H2,1H3/t16-/m0/s1. The van der Waals surface area contributed by atoms with Crippen molar-refractivity contribution in [2.45, 2.75) is 44.8 Å². The number of rotatable bonds is 6. The quantitative estimate of drug-likeness (QED) is 0.752. The molecule has 0 unspecified atom stereocenters. The Morgan fingerprint density at radius 1 is 1.26 bits per heavy atom. The van der Waals surface area contributed by atoms with E-state index in [9.17, 15) is 0 Å². The predicted octanol–water partition coefficient (Wildman–Crippen LogP) is 4.16. The van der Waals surface area contributed by atoms with E-state index >= 15 is 0 Å². The highest BCUT2D eigenvalue weighted by atomic mass is 35.5. The van der Waals surface area contributed by atoms with E-state index in [0.717, 1.165) is 61.3 Å². The molecule has 0 aliphatic carbocycles. The molecule has 1 atom stereocenters. The third-order valence-electron chi connectivity index (χ3n) is 5.58. The van der Waals surface area contributed by atoms with E-state index in [1.54, 1.807) is 7.11 Å². The van der Waals surface area contributed by atoms with Crippen LogP contribution < -0.4 is 15.0 Å². The zero-order valence-electron chi connectivity index (χ0n) is 16.0. The Labute approximate surface area is 166 Å². The summed E-state index contributed by atoms with van der Waals surface area (Å²) >= 11 is 6.66. The van der Waals surface area contributed by atoms with Gasteiger partial charge >= 0.3 is 0 Å². The number of nitrogens with one attached hydrogen (secondary N) is 1. The minimum atomic E-state index is 0.315. The third kappa shape index (κ3) is 4.15. The number of piperidine rings is 1. The van der Waals surface area contributed by atoms with Gasteiger partial charge in [-0.3, -0.25) is 0 Å². The molecule has 2 saturated heterocycles. The van der Waals surface area contributed by atoms with Crippen molar-refractivity contribution in [3.05, 3.63) is 28.9 Å². The first-order valence-electron chi connectivity index (χ1n) is 9.99. The Morgan fingerprint density at radius 2 is 2.11 bits per heavy atom. The van der Waals surface area contributed by atoms with Crippen LogP contribution in [-0.2, 0) is 11.3 Å². The molecule has 1 N–H and O–H groups in total. The van der Waals surface area contributed by atoms with Crippen LogP contribution in [0, 0.1) is 0 Å². The highest BCUT2D eigenvalue weighted by Gasteiger charge is 2.22. The van der Waals surface area contributed by atoms with Crippen molar-refractivity contribution < 1.29 is 9.47 Å². The number of nitrogens with zero attached hydrogens (tertiary/aromatic N) is 2. The molecule has 2 aliphatic heterocycles. The van der Waals surface area contributed by atoms with Crippen LogP contribution in [0.5, 0.6) is 5.75 Å². The number of benzene rings is 1. The summed E-state index contributed by atoms with van der Waals surface area (Å²) in [6.07, 6.45) is 6.33. The van der Waals surface area contributed by atoms with Gasteiger partial charge in [-0.1, -0.05) is 11.6 Å². The maximum atomic E-state index is 6.66. The van der Waals surface area contributed by atoms with Crippen molar-refractivity contribution in [2.75, 3.05) is 38.3 Å². The fourth-order valence-electron chi connectivity index (χ4n) is 4.16. The van der Waals surface area contributed by atoms with Gasteiger partial charge in [-0.15, -0.1) is 0 Å². The van der Waals surface area contributed by atoms with Gasteiger partial charge in [0.25, 0.3) is 0 Å². The molecule has 2 aromatic rings. The van der Waals surface area contributed by atoms with Crippen LogP contribution in [-0.4, -0.2) is 44.4 Å². The number of hydrogen-bond donors (Lipinski definition) is 1. The average molecular weight is 390 g/mol. The van der Waals surface area contributed by atoms with E-state index in [2.05, 4.69) is 21.3 Å². The van der Waals surface area contributed by atoms with Gasteiger partial charge in [-0.05, 0) is 50.3 Å². The summed E-state index contributed by atoms with van der Waals surface area (Å²) in [6, 6.07) is 6.03. The van der Waals surface area contributed by atoms with Gasteiger partial charge in [0.2, 0.25) is 0 Å². The van der Waals surface area contributed by atoms with Gasteiger partial charge in [0.1, 0.15) is 10.9 Å². The van der Waals surface area contributed by atoms with E-state index in [1.807, 2.05) is 12.1 Å². The van der Waals surface area contributed by atoms with Crippen LogP contribution in [0.4, 0.5) is 5.69 Å². The monoisotopic (exact) mass is 389 g/mol. The SMILES string of the molecule is COc1ccc2nc(Cl)c(CNC[C@@H]3CCCO3)c(N3CCCCC3)c2c1. The van der Waals surface area contributed by atoms with Gasteiger partial charge in [0.15, 0.2) is 0 Å². The average Bonchev–Trinajstić information content (AvgIpc) is 3.22. The smallest absolute Gasteiger partial charge is 0.136 e. The van der Waals surface area contributed by atoms with Crippen LogP contribution in [0.25, 0.3) is 10.9 Å². The lowest BCUT2D eigenvalue weighted by atomic mass is 10.0. The minimum absolute atomic E-state index is 0.315.